The number of nitrogens with one attached hydrogen (secondary N) is 1. The number of hydrogen-bond acceptors (Lipinski definition) is 9. The summed E-state index contributed by atoms with van der Waals surface area (Å²) in [4.78, 5) is 21.4. The average molecular weight is 669 g/mol. The van der Waals surface area contributed by atoms with Crippen LogP contribution in [-0.4, -0.2) is 71.4 Å². The van der Waals surface area contributed by atoms with Crippen LogP contribution in [0.15, 0.2) is 37.1 Å². The fraction of sp³-hybridized carbons (Fsp3) is 0.480. The number of alkyl halides is 3. The Labute approximate surface area is 241 Å². The minimum absolute atomic E-state index is 0.0691. The minimum atomic E-state index is -4.66. The van der Waals surface area contributed by atoms with Crippen molar-refractivity contribution in [3.8, 4) is 17.1 Å². The Hall–Kier alpha value is -2.89. The summed E-state index contributed by atoms with van der Waals surface area (Å²) in [5.74, 6) is -1.30. The molecule has 0 unspecified atom stereocenters. The number of rotatable bonds is 8. The Morgan fingerprint density at radius 2 is 1.95 bits per heavy atom. The number of H-pyrrole nitrogens is 1. The third-order valence-corrected chi connectivity index (χ3v) is 8.04. The molecule has 2 fully saturated rings. The van der Waals surface area contributed by atoms with E-state index in [1.807, 2.05) is 29.3 Å². The lowest BCUT2D eigenvalue weighted by molar-refractivity contribution is -0.145. The number of nitrogens with two attached hydrogens (primary N) is 1. The van der Waals surface area contributed by atoms with Gasteiger partial charge in [-0.3, -0.25) is 9.58 Å². The predicted octanol–water partition coefficient (Wildman–Crippen LogP) is 3.86. The van der Waals surface area contributed by atoms with E-state index in [0.717, 1.165) is 48.2 Å². The largest absolute Gasteiger partial charge is 0.474 e. The van der Waals surface area contributed by atoms with Gasteiger partial charge in [0.1, 0.15) is 53.2 Å². The molecule has 3 N–H and O–H groups in total. The molecule has 0 radical (unpaired) electrons. The van der Waals surface area contributed by atoms with E-state index in [1.54, 1.807) is 23.0 Å². The maximum absolute atomic E-state index is 13.3. The molecule has 212 valence electrons. The van der Waals surface area contributed by atoms with Crippen LogP contribution in [-0.2, 0) is 21.4 Å². The van der Waals surface area contributed by atoms with E-state index in [2.05, 4.69) is 34.9 Å². The normalized spacial score (nSPS) is 21.4. The van der Waals surface area contributed by atoms with Crippen LogP contribution in [0.1, 0.15) is 37.2 Å². The van der Waals surface area contributed by atoms with Crippen molar-refractivity contribution in [3.05, 3.63) is 48.6 Å². The van der Waals surface area contributed by atoms with Gasteiger partial charge in [0.25, 0.3) is 0 Å². The molecular formula is C25H27F3IN9O2. The van der Waals surface area contributed by atoms with Crippen LogP contribution in [0, 0.1) is 0 Å². The number of nitrogens with zero attached hydrogens (tertiary/aromatic N) is 7. The molecule has 0 aromatic carbocycles. The van der Waals surface area contributed by atoms with Crippen LogP contribution in [0.2, 0.25) is 0 Å². The quantitative estimate of drug-likeness (QED) is 0.269. The monoisotopic (exact) mass is 669 g/mol. The molecule has 1 aliphatic heterocycles. The van der Waals surface area contributed by atoms with Crippen LogP contribution < -0.4 is 10.5 Å². The van der Waals surface area contributed by atoms with E-state index >= 15 is 0 Å². The van der Waals surface area contributed by atoms with Crippen molar-refractivity contribution >= 4 is 34.0 Å². The summed E-state index contributed by atoms with van der Waals surface area (Å²) in [6, 6.07) is 3.70. The highest BCUT2D eigenvalue weighted by Gasteiger charge is 2.47. The molecule has 40 heavy (non-hydrogen) atoms. The Morgan fingerprint density at radius 3 is 2.67 bits per heavy atom. The molecule has 0 amide bonds. The van der Waals surface area contributed by atoms with Crippen molar-refractivity contribution in [2.24, 2.45) is 5.73 Å². The number of likely N-dealkylation sites (tertiary alicyclic amines) is 1. The second-order valence-electron chi connectivity index (χ2n) is 10.3. The van der Waals surface area contributed by atoms with Crippen molar-refractivity contribution in [3.63, 3.8) is 0 Å². The van der Waals surface area contributed by atoms with Crippen LogP contribution in [0.3, 0.4) is 0 Å². The predicted molar refractivity (Wildman–Crippen MR) is 146 cm³/mol. The first-order valence-corrected chi connectivity index (χ1v) is 13.8. The lowest BCUT2D eigenvalue weighted by Gasteiger charge is -2.53. The number of aromatic nitrogens is 7. The molecule has 0 atom stereocenters. The number of aromatic amines is 1. The molecular weight excluding hydrogens is 642 g/mol. The first-order valence-electron chi connectivity index (χ1n) is 12.9. The van der Waals surface area contributed by atoms with Gasteiger partial charge in [-0.25, -0.2) is 15.0 Å². The molecule has 11 nitrogen and oxygen atoms in total. The third kappa shape index (κ3) is 5.26. The van der Waals surface area contributed by atoms with Gasteiger partial charge >= 0.3 is 6.18 Å². The highest BCUT2D eigenvalue weighted by atomic mass is 127. The first-order chi connectivity index (χ1) is 19.3. The van der Waals surface area contributed by atoms with Crippen molar-refractivity contribution in [2.75, 3.05) is 19.6 Å². The Morgan fingerprint density at radius 1 is 1.15 bits per heavy atom. The topological polar surface area (TPSA) is 133 Å². The summed E-state index contributed by atoms with van der Waals surface area (Å²) in [7, 11) is 0. The van der Waals surface area contributed by atoms with Gasteiger partial charge in [0, 0.05) is 55.1 Å². The van der Waals surface area contributed by atoms with Crippen molar-refractivity contribution in [1.29, 1.82) is 0 Å². The van der Waals surface area contributed by atoms with Crippen molar-refractivity contribution < 1.29 is 21.0 Å². The summed E-state index contributed by atoms with van der Waals surface area (Å²) in [6.45, 7) is 1.92. The van der Waals surface area contributed by atoms with Crippen LogP contribution in [0.25, 0.3) is 22.3 Å². The van der Waals surface area contributed by atoms with Gasteiger partial charge < -0.3 is 18.5 Å². The van der Waals surface area contributed by atoms with Crippen molar-refractivity contribution in [1.82, 2.24) is 39.6 Å². The molecule has 0 spiro atoms. The van der Waals surface area contributed by atoms with Crippen LogP contribution in [0.5, 0.6) is 5.88 Å². The molecule has 1 aliphatic carbocycles. The van der Waals surface area contributed by atoms with Gasteiger partial charge in [-0.2, -0.15) is 23.3 Å². The van der Waals surface area contributed by atoms with Crippen molar-refractivity contribution in [2.45, 2.75) is 56.2 Å². The Bertz CT molecular complexity index is 1480. The molecule has 4 aromatic rings. The lowest BCUT2D eigenvalue weighted by atomic mass is 9.83. The van der Waals surface area contributed by atoms with E-state index < -0.39 is 12.0 Å². The van der Waals surface area contributed by atoms with E-state index in [1.165, 1.54) is 12.4 Å². The molecule has 0 bridgehead atoms. The van der Waals surface area contributed by atoms with Gasteiger partial charge in [0.15, 0.2) is 0 Å². The maximum atomic E-state index is 13.3. The zero-order valence-corrected chi connectivity index (χ0v) is 23.5. The third-order valence-electron chi connectivity index (χ3n) is 7.73. The second-order valence-corrected chi connectivity index (χ2v) is 10.9. The first kappa shape index (κ1) is 27.3. The number of ether oxygens (including phenoxy) is 1. The number of fused-ring (bicyclic) bond motifs is 1. The highest BCUT2D eigenvalue weighted by Crippen LogP contribution is 2.37. The zero-order valence-electron chi connectivity index (χ0n) is 21.3. The number of halogens is 4. The van der Waals surface area contributed by atoms with Gasteiger partial charge in [0.05, 0.1) is 17.6 Å². The van der Waals surface area contributed by atoms with Gasteiger partial charge in [0.2, 0.25) is 11.7 Å². The van der Waals surface area contributed by atoms with Gasteiger partial charge in [-0.15, -0.1) is 0 Å². The molecule has 6 rings (SSSR count). The Kier molecular flexibility index (Phi) is 7.39. The smallest absolute Gasteiger partial charge is 0.451 e. The van der Waals surface area contributed by atoms with Crippen LogP contribution >= 0.6 is 23.0 Å². The molecule has 5 heterocycles. The zero-order chi connectivity index (χ0) is 27.9. The van der Waals surface area contributed by atoms with Gasteiger partial charge in [-0.1, -0.05) is 0 Å². The molecule has 15 heteroatoms. The van der Waals surface area contributed by atoms with E-state index in [4.69, 9.17) is 13.5 Å². The Balaban J connectivity index is 1.07. The summed E-state index contributed by atoms with van der Waals surface area (Å²) >= 11 is 1.62. The standard InChI is InChI=1S/C25H27F3IN9O2/c26-25(27,28)23-35-16(10-39-29)7-20(36-23)40-18-3-1-17(2-4-18)37-12-24(11-30,13-37)38-9-15(8-34-38)21-19-5-6-31-22(19)33-14-32-21/h5-9,14,17-18H,1-4,10-13,30H2,(H,31,32,33). The molecule has 1 saturated heterocycles. The summed E-state index contributed by atoms with van der Waals surface area (Å²) in [5.41, 5.74) is 8.58. The van der Waals surface area contributed by atoms with Gasteiger partial charge in [-0.05, 0) is 31.7 Å². The SMILES string of the molecule is NCC1(n2cc(-c3ncnc4[nH]ccc34)cn2)CN(C2CCC(Oc3cc(COI)nc(C(F)(F)F)n3)CC2)C1. The molecule has 1 saturated carbocycles. The minimum Gasteiger partial charge on any atom is -0.474 e. The highest BCUT2D eigenvalue weighted by molar-refractivity contribution is 14.1. The second kappa shape index (κ2) is 10.8. The fourth-order valence-corrected chi connectivity index (χ4v) is 5.95. The molecule has 4 aromatic heterocycles. The summed E-state index contributed by atoms with van der Waals surface area (Å²) in [6.07, 6.45) is 5.46. The summed E-state index contributed by atoms with van der Waals surface area (Å²) < 4.78 is 52.5. The molecule has 2 aliphatic rings. The van der Waals surface area contributed by atoms with E-state index in [0.29, 0.717) is 25.4 Å². The average Bonchev–Trinajstić information content (AvgIpc) is 3.59. The lowest BCUT2D eigenvalue weighted by Crippen LogP contribution is -2.68. The van der Waals surface area contributed by atoms with E-state index in [9.17, 15) is 13.2 Å². The number of hydrogen-bond donors (Lipinski definition) is 2. The maximum Gasteiger partial charge on any atom is 0.451 e. The summed E-state index contributed by atoms with van der Waals surface area (Å²) in [5, 5.41) is 5.58. The van der Waals surface area contributed by atoms with Crippen LogP contribution in [0.4, 0.5) is 13.2 Å². The fourth-order valence-electron chi connectivity index (χ4n) is 5.63. The van der Waals surface area contributed by atoms with E-state index in [-0.39, 0.29) is 29.8 Å².